The summed E-state index contributed by atoms with van der Waals surface area (Å²) in [4.78, 5) is 47.7. The van der Waals surface area contributed by atoms with Crippen molar-refractivity contribution in [1.82, 2.24) is 0 Å². The summed E-state index contributed by atoms with van der Waals surface area (Å²) in [5, 5.41) is 9.60. The number of amides is 3. The van der Waals surface area contributed by atoms with Gasteiger partial charge in [0.1, 0.15) is 0 Å². The van der Waals surface area contributed by atoms with Crippen LogP contribution in [0, 0.1) is 0 Å². The van der Waals surface area contributed by atoms with Crippen molar-refractivity contribution in [3.05, 3.63) is 23.8 Å². The highest BCUT2D eigenvalue weighted by molar-refractivity contribution is 14.1. The molecule has 0 spiro atoms. The molecular weight excluding hydrogens is 507 g/mol. The Balaban J connectivity index is 2.52. The van der Waals surface area contributed by atoms with E-state index in [1.54, 1.807) is 22.6 Å². The predicted octanol–water partition coefficient (Wildman–Crippen LogP) is 0.843. The van der Waals surface area contributed by atoms with Gasteiger partial charge in [-0.15, -0.1) is 11.6 Å². The van der Waals surface area contributed by atoms with Gasteiger partial charge in [-0.3, -0.25) is 18.9 Å². The number of carbonyl (C=O) groups excluding carboxylic acids is 3. The van der Waals surface area contributed by atoms with Crippen LogP contribution in [0.4, 0.5) is 11.4 Å². The maximum atomic E-state index is 12.2. The summed E-state index contributed by atoms with van der Waals surface area (Å²) < 4.78 is 30.6. The van der Waals surface area contributed by atoms with Crippen LogP contribution in [0.25, 0.3) is 0 Å². The number of halogens is 2. The minimum Gasteiger partial charge on any atom is -0.478 e. The van der Waals surface area contributed by atoms with Gasteiger partial charge >= 0.3 is 5.97 Å². The number of rotatable bonds is 5. The summed E-state index contributed by atoms with van der Waals surface area (Å²) in [6.07, 6.45) is -0.829. The Labute approximate surface area is 165 Å². The molecule has 1 fully saturated rings. The number of benzene rings is 1. The smallest absolute Gasteiger partial charge is 0.337 e. The summed E-state index contributed by atoms with van der Waals surface area (Å²) >= 11 is 7.23. The molecule has 13 heteroatoms. The van der Waals surface area contributed by atoms with E-state index in [-0.39, 0.29) is 5.69 Å². The number of alkyl halides is 2. The van der Waals surface area contributed by atoms with Crippen LogP contribution in [0.3, 0.4) is 0 Å². The average Bonchev–Trinajstić information content (AvgIpc) is 2.81. The lowest BCUT2D eigenvalue weighted by Gasteiger charge is -2.18. The Morgan fingerprint density at radius 3 is 2.42 bits per heavy atom. The van der Waals surface area contributed by atoms with E-state index in [2.05, 4.69) is 5.32 Å². The van der Waals surface area contributed by atoms with Gasteiger partial charge in [0.05, 0.1) is 17.7 Å². The van der Waals surface area contributed by atoms with Gasteiger partial charge in [-0.25, -0.2) is 9.69 Å². The number of aromatic carboxylic acids is 1. The molecule has 1 heterocycles. The normalized spacial score (nSPS) is 18.7. The Kier molecular flexibility index (Phi) is 5.89. The molecule has 1 aromatic carbocycles. The molecule has 2 unspecified atom stereocenters. The fourth-order valence-corrected chi connectivity index (χ4v) is 3.19. The Bertz CT molecular complexity index is 917. The second kappa shape index (κ2) is 7.46. The highest BCUT2D eigenvalue weighted by atomic mass is 127. The summed E-state index contributed by atoms with van der Waals surface area (Å²) in [7, 11) is -4.85. The van der Waals surface area contributed by atoms with Crippen LogP contribution in [-0.2, 0) is 24.5 Å². The number of imide groups is 1. The molecule has 0 saturated carbocycles. The van der Waals surface area contributed by atoms with Gasteiger partial charge in [-0.2, -0.15) is 8.42 Å². The monoisotopic (exact) mass is 516 g/mol. The van der Waals surface area contributed by atoms with Crippen LogP contribution in [0.2, 0.25) is 0 Å². The molecule has 26 heavy (non-hydrogen) atoms. The number of carboxylic acid groups (broad SMARTS) is 1. The van der Waals surface area contributed by atoms with E-state index in [4.69, 9.17) is 16.2 Å². The van der Waals surface area contributed by atoms with E-state index < -0.39 is 60.1 Å². The number of anilines is 2. The van der Waals surface area contributed by atoms with Crippen molar-refractivity contribution >= 4 is 79.4 Å². The first-order valence-electron chi connectivity index (χ1n) is 6.73. The first-order chi connectivity index (χ1) is 11.9. The quantitative estimate of drug-likeness (QED) is 0.225. The van der Waals surface area contributed by atoms with Crippen LogP contribution < -0.4 is 10.2 Å². The van der Waals surface area contributed by atoms with E-state index in [1.165, 1.54) is 6.07 Å². The molecule has 1 aliphatic heterocycles. The van der Waals surface area contributed by atoms with Crippen molar-refractivity contribution in [2.75, 3.05) is 10.2 Å². The topological polar surface area (TPSA) is 158 Å². The molecule has 1 aliphatic rings. The summed E-state index contributed by atoms with van der Waals surface area (Å²) in [5.74, 6) is -4.41. The minimum absolute atomic E-state index is 0.0354. The maximum Gasteiger partial charge on any atom is 0.337 e. The Morgan fingerprint density at radius 2 is 1.96 bits per heavy atom. The largest absolute Gasteiger partial charge is 0.478 e. The lowest BCUT2D eigenvalue weighted by molar-refractivity contribution is -0.121. The van der Waals surface area contributed by atoms with Gasteiger partial charge in [0, 0.05) is 5.69 Å². The minimum atomic E-state index is -4.85. The molecule has 140 valence electrons. The summed E-state index contributed by atoms with van der Waals surface area (Å²) in [5.41, 5.74) is -0.873. The number of carboxylic acids is 1. The van der Waals surface area contributed by atoms with Crippen molar-refractivity contribution in [2.24, 2.45) is 0 Å². The number of hydrogen-bond acceptors (Lipinski definition) is 6. The second-order valence-corrected chi connectivity index (χ2v) is 9.12. The molecule has 0 aromatic heterocycles. The first-order valence-corrected chi connectivity index (χ1v) is 9.91. The van der Waals surface area contributed by atoms with Crippen molar-refractivity contribution in [2.45, 2.75) is 15.1 Å². The van der Waals surface area contributed by atoms with Crippen LogP contribution >= 0.6 is 34.2 Å². The molecule has 3 N–H and O–H groups in total. The standard InChI is InChI=1S/C13H10ClIN2O8S/c14-10(15)11(19)16-5-1-2-6(13(21)22)7(3-5)17-9(18)4-8(12(17)20)26(23,24)25/h1-3,8,10H,4H2,(H,16,19)(H,21,22)(H,23,24,25). The van der Waals surface area contributed by atoms with Gasteiger partial charge in [0.2, 0.25) is 5.91 Å². The van der Waals surface area contributed by atoms with Gasteiger partial charge in [-0.1, -0.05) is 22.6 Å². The highest BCUT2D eigenvalue weighted by Gasteiger charge is 2.47. The lowest BCUT2D eigenvalue weighted by Crippen LogP contribution is -2.36. The van der Waals surface area contributed by atoms with E-state index in [0.717, 1.165) is 12.1 Å². The Morgan fingerprint density at radius 1 is 1.35 bits per heavy atom. The second-order valence-electron chi connectivity index (χ2n) is 5.10. The number of hydrogen-bond donors (Lipinski definition) is 3. The summed E-state index contributed by atoms with van der Waals surface area (Å²) in [6.45, 7) is 0. The zero-order valence-corrected chi connectivity index (χ0v) is 16.3. The zero-order chi connectivity index (χ0) is 19.8. The molecule has 0 radical (unpaired) electrons. The van der Waals surface area contributed by atoms with Crippen molar-refractivity contribution in [3.63, 3.8) is 0 Å². The fraction of sp³-hybridized carbons (Fsp3) is 0.231. The summed E-state index contributed by atoms with van der Waals surface area (Å²) in [6, 6.07) is 3.27. The van der Waals surface area contributed by atoms with Gasteiger partial charge in [0.25, 0.3) is 21.9 Å². The van der Waals surface area contributed by atoms with E-state index >= 15 is 0 Å². The third kappa shape index (κ3) is 4.13. The molecule has 2 rings (SSSR count). The van der Waals surface area contributed by atoms with Gasteiger partial charge in [0.15, 0.2) is 8.63 Å². The van der Waals surface area contributed by atoms with Crippen LogP contribution in [0.1, 0.15) is 16.8 Å². The molecular formula is C13H10ClIN2O8S. The van der Waals surface area contributed by atoms with Gasteiger partial charge in [-0.05, 0) is 18.2 Å². The lowest BCUT2D eigenvalue weighted by atomic mass is 10.1. The first kappa shape index (κ1) is 20.5. The van der Waals surface area contributed by atoms with E-state index in [0.29, 0.717) is 4.90 Å². The number of nitrogens with one attached hydrogen (secondary N) is 1. The number of nitrogens with zero attached hydrogens (tertiary/aromatic N) is 1. The molecule has 0 aliphatic carbocycles. The van der Waals surface area contributed by atoms with Crippen LogP contribution in [0.15, 0.2) is 18.2 Å². The van der Waals surface area contributed by atoms with Crippen molar-refractivity contribution < 1.29 is 37.3 Å². The molecule has 1 saturated heterocycles. The number of carbonyl (C=O) groups is 4. The SMILES string of the molecule is O=C(O)c1ccc(NC(=O)C(Cl)I)cc1N1C(=O)CC(S(=O)(=O)O)C1=O. The predicted molar refractivity (Wildman–Crippen MR) is 98.1 cm³/mol. The molecule has 3 amide bonds. The van der Waals surface area contributed by atoms with Crippen LogP contribution in [0.5, 0.6) is 0 Å². The van der Waals surface area contributed by atoms with Crippen molar-refractivity contribution in [3.8, 4) is 0 Å². The van der Waals surface area contributed by atoms with Crippen LogP contribution in [-0.4, -0.2) is 50.4 Å². The Hall–Kier alpha value is -1.77. The molecule has 10 nitrogen and oxygen atoms in total. The highest BCUT2D eigenvalue weighted by Crippen LogP contribution is 2.31. The third-order valence-corrected chi connectivity index (χ3v) is 5.25. The molecule has 2 atom stereocenters. The fourth-order valence-electron chi connectivity index (χ4n) is 2.26. The molecule has 1 aromatic rings. The molecule has 0 bridgehead atoms. The van der Waals surface area contributed by atoms with E-state index in [1.807, 2.05) is 0 Å². The van der Waals surface area contributed by atoms with Gasteiger partial charge < -0.3 is 10.4 Å². The maximum absolute atomic E-state index is 12.2. The van der Waals surface area contributed by atoms with Crippen molar-refractivity contribution in [1.29, 1.82) is 0 Å². The third-order valence-electron chi connectivity index (χ3n) is 3.40. The zero-order valence-electron chi connectivity index (χ0n) is 12.5. The average molecular weight is 517 g/mol. The van der Waals surface area contributed by atoms with E-state index in [9.17, 15) is 32.7 Å².